The topological polar surface area (TPSA) is 145 Å². The van der Waals surface area contributed by atoms with Crippen LogP contribution in [0.2, 0.25) is 0 Å². The van der Waals surface area contributed by atoms with Crippen LogP contribution in [0.5, 0.6) is 0 Å². The monoisotopic (exact) mass is 613 g/mol. The van der Waals surface area contributed by atoms with Crippen molar-refractivity contribution < 1.29 is 85.3 Å². The van der Waals surface area contributed by atoms with Crippen LogP contribution in [0.3, 0.4) is 0 Å². The van der Waals surface area contributed by atoms with Gasteiger partial charge >= 0.3 is 61.8 Å². The largest absolute Gasteiger partial charge is 1.00 e. The third-order valence-electron chi connectivity index (χ3n) is 5.80. The Kier molecular flexibility index (Phi) is 37.8. The number of unbranched alkanes of at least 4 members (excludes halogenated alkanes) is 18. The molecular weight excluding hydrogens is 558 g/mol. The predicted molar refractivity (Wildman–Crippen MR) is 149 cm³/mol. The van der Waals surface area contributed by atoms with E-state index in [0.29, 0.717) is 6.42 Å². The van der Waals surface area contributed by atoms with Crippen LogP contribution >= 0.6 is 0 Å². The minimum absolute atomic E-state index is 0. The van der Waals surface area contributed by atoms with Crippen molar-refractivity contribution in [1.82, 2.24) is 0 Å². The summed E-state index contributed by atoms with van der Waals surface area (Å²) in [6.07, 6.45) is 23.7. The number of hydrogen-bond acceptors (Lipinski definition) is 9. The van der Waals surface area contributed by atoms with Crippen LogP contribution in [0.25, 0.3) is 0 Å². The molecule has 226 valence electrons. The van der Waals surface area contributed by atoms with E-state index < -0.39 is 20.8 Å². The zero-order valence-corrected chi connectivity index (χ0v) is 29.4. The van der Waals surface area contributed by atoms with Gasteiger partial charge in [-0.15, -0.1) is 0 Å². The van der Waals surface area contributed by atoms with Gasteiger partial charge in [-0.1, -0.05) is 129 Å². The molecule has 0 saturated carbocycles. The summed E-state index contributed by atoms with van der Waals surface area (Å²) >= 11 is 0. The molecule has 0 saturated heterocycles. The first-order valence-electron chi connectivity index (χ1n) is 14.5. The molecule has 0 bridgehead atoms. The molecule has 9 nitrogen and oxygen atoms in total. The van der Waals surface area contributed by atoms with E-state index in [0.717, 1.165) is 32.1 Å². The maximum absolute atomic E-state index is 11.1. The van der Waals surface area contributed by atoms with Crippen molar-refractivity contribution in [3.8, 4) is 0 Å². The van der Waals surface area contributed by atoms with E-state index in [-0.39, 0.29) is 77.7 Å². The second-order valence-electron chi connectivity index (χ2n) is 9.44. The molecule has 0 amide bonds. The minimum Gasteiger partial charge on any atom is -0.726 e. The Morgan fingerprint density at radius 2 is 0.789 bits per heavy atom. The van der Waals surface area contributed by atoms with E-state index in [2.05, 4.69) is 22.2 Å². The van der Waals surface area contributed by atoms with Gasteiger partial charge in [-0.05, 0) is 12.8 Å². The van der Waals surface area contributed by atoms with Crippen LogP contribution < -0.4 is 57.1 Å². The van der Waals surface area contributed by atoms with E-state index >= 15 is 0 Å². The van der Waals surface area contributed by atoms with E-state index in [1.807, 2.05) is 0 Å². The zero-order valence-electron chi connectivity index (χ0n) is 24.6. The fraction of sp³-hybridized carbons (Fsp3) is 1.00. The molecule has 0 rings (SSSR count). The average molecular weight is 614 g/mol. The van der Waals surface area contributed by atoms with Gasteiger partial charge < -0.3 is 10.3 Å². The fourth-order valence-electron chi connectivity index (χ4n) is 3.69. The van der Waals surface area contributed by atoms with Gasteiger partial charge in [0.2, 0.25) is 10.4 Å². The molecule has 0 spiro atoms. The van der Waals surface area contributed by atoms with E-state index in [1.54, 1.807) is 0 Å². The van der Waals surface area contributed by atoms with Crippen LogP contribution in [0, 0.1) is 0 Å². The molecular formula is C26H56KNO8S2. The third kappa shape index (κ3) is 41.8. The van der Waals surface area contributed by atoms with Crippen molar-refractivity contribution in [2.75, 3.05) is 26.4 Å². The summed E-state index contributed by atoms with van der Waals surface area (Å²) in [5.74, 6) is 0. The summed E-state index contributed by atoms with van der Waals surface area (Å²) < 4.78 is 66.0. The Hall–Kier alpha value is 1.34. The van der Waals surface area contributed by atoms with Gasteiger partial charge in [0.25, 0.3) is 0 Å². The zero-order chi connectivity index (χ0) is 28.1. The van der Waals surface area contributed by atoms with Crippen LogP contribution in [0.1, 0.15) is 142 Å². The SMILES string of the molecule is CCCCCCCCCCCCOS(=O)(=O)OCCN.CCCCCCCCCCCCOS(=O)(=O)[O-].[K+]. The van der Waals surface area contributed by atoms with E-state index in [4.69, 9.17) is 9.92 Å². The summed E-state index contributed by atoms with van der Waals surface area (Å²) in [6.45, 7) is 4.81. The van der Waals surface area contributed by atoms with Crippen molar-refractivity contribution in [1.29, 1.82) is 0 Å². The quantitative estimate of drug-likeness (QED) is 0.0636. The maximum atomic E-state index is 11.1. The molecule has 0 aromatic carbocycles. The Bertz CT molecular complexity index is 664. The van der Waals surface area contributed by atoms with E-state index in [1.165, 1.54) is 89.9 Å². The number of rotatable bonds is 27. The van der Waals surface area contributed by atoms with Gasteiger partial charge in [0.1, 0.15) is 0 Å². The molecule has 2 N–H and O–H groups in total. The van der Waals surface area contributed by atoms with Crippen molar-refractivity contribution in [2.24, 2.45) is 5.73 Å². The maximum Gasteiger partial charge on any atom is 1.00 e. The van der Waals surface area contributed by atoms with Gasteiger partial charge in [0.05, 0.1) is 19.8 Å². The second-order valence-corrected chi connectivity index (χ2v) is 11.8. The molecule has 0 aliphatic heterocycles. The summed E-state index contributed by atoms with van der Waals surface area (Å²) in [6, 6.07) is 0. The second kappa shape index (κ2) is 32.8. The molecule has 38 heavy (non-hydrogen) atoms. The van der Waals surface area contributed by atoms with Gasteiger partial charge in [0, 0.05) is 6.54 Å². The van der Waals surface area contributed by atoms with E-state index in [9.17, 15) is 21.4 Å². The summed E-state index contributed by atoms with van der Waals surface area (Å²) in [7, 11) is -8.32. The minimum atomic E-state index is -4.48. The molecule has 0 unspecified atom stereocenters. The van der Waals surface area contributed by atoms with Gasteiger partial charge in [-0.3, -0.25) is 4.18 Å². The summed E-state index contributed by atoms with van der Waals surface area (Å²) in [5.41, 5.74) is 5.15. The Morgan fingerprint density at radius 1 is 0.500 bits per heavy atom. The van der Waals surface area contributed by atoms with Crippen LogP contribution in [-0.2, 0) is 33.3 Å². The predicted octanol–water partition coefficient (Wildman–Crippen LogP) is 3.53. The molecule has 0 fully saturated rings. The van der Waals surface area contributed by atoms with Gasteiger partial charge in [0.15, 0.2) is 0 Å². The van der Waals surface area contributed by atoms with Gasteiger partial charge in [-0.25, -0.2) is 16.8 Å². The Balaban J connectivity index is -0.000000636. The number of nitrogens with two attached hydrogens (primary N) is 1. The molecule has 0 aliphatic rings. The molecule has 0 atom stereocenters. The third-order valence-corrected chi connectivity index (χ3v) is 7.16. The van der Waals surface area contributed by atoms with Crippen LogP contribution in [0.4, 0.5) is 0 Å². The standard InChI is InChI=1S/C14H31NO4S.C12H26O4S.K/c1-2-3-4-5-6-7-8-9-10-11-13-18-20(16,17)19-14-12-15;1-2-3-4-5-6-7-8-9-10-11-12-16-17(13,14)15;/h2-15H2,1H3;2-12H2,1H3,(H,13,14,15);/q;;+1/p-1. The normalized spacial score (nSPS) is 11.6. The Labute approximate surface area is 277 Å². The molecule has 0 aromatic heterocycles. The first kappa shape index (κ1) is 43.8. The first-order valence-corrected chi connectivity index (χ1v) is 17.2. The van der Waals surface area contributed by atoms with Crippen LogP contribution in [0.15, 0.2) is 0 Å². The van der Waals surface area contributed by atoms with Crippen molar-refractivity contribution in [3.05, 3.63) is 0 Å². The van der Waals surface area contributed by atoms with Crippen LogP contribution in [-0.4, -0.2) is 47.8 Å². The molecule has 0 heterocycles. The van der Waals surface area contributed by atoms with Crippen molar-refractivity contribution >= 4 is 20.8 Å². The average Bonchev–Trinajstić information content (AvgIpc) is 2.84. The summed E-state index contributed by atoms with van der Waals surface area (Å²) in [5, 5.41) is 0. The van der Waals surface area contributed by atoms with Gasteiger partial charge in [-0.2, -0.15) is 8.42 Å². The molecule has 12 heteroatoms. The molecule has 0 aliphatic carbocycles. The first-order chi connectivity index (χ1) is 17.7. The number of hydrogen-bond donors (Lipinski definition) is 1. The fourth-order valence-corrected chi connectivity index (χ4v) is 4.70. The smallest absolute Gasteiger partial charge is 0.726 e. The van der Waals surface area contributed by atoms with Crippen molar-refractivity contribution in [2.45, 2.75) is 142 Å². The van der Waals surface area contributed by atoms with Crippen molar-refractivity contribution in [3.63, 3.8) is 0 Å². The Morgan fingerprint density at radius 3 is 1.11 bits per heavy atom. The molecule has 0 aromatic rings. The summed E-state index contributed by atoms with van der Waals surface area (Å²) in [4.78, 5) is 0. The molecule has 0 radical (unpaired) electrons.